The summed E-state index contributed by atoms with van der Waals surface area (Å²) in [5, 5.41) is 0.841. The molecule has 0 aromatic heterocycles. The van der Waals surface area contributed by atoms with E-state index in [0.29, 0.717) is 39.5 Å². The molecule has 1 aliphatic carbocycles. The summed E-state index contributed by atoms with van der Waals surface area (Å²) in [6.07, 6.45) is 0.984. The van der Waals surface area contributed by atoms with Crippen molar-refractivity contribution in [2.75, 3.05) is 13.7 Å². The lowest BCUT2D eigenvalue weighted by Crippen LogP contribution is -2.58. The zero-order valence-corrected chi connectivity index (χ0v) is 33.8. The third-order valence-corrected chi connectivity index (χ3v) is 11.7. The summed E-state index contributed by atoms with van der Waals surface area (Å²) < 4.78 is 40.5. The van der Waals surface area contributed by atoms with E-state index in [1.165, 1.54) is 11.1 Å². The van der Waals surface area contributed by atoms with Crippen LogP contribution in [0.3, 0.4) is 0 Å². The van der Waals surface area contributed by atoms with Gasteiger partial charge in [0.05, 0.1) is 40.1 Å². The molecule has 6 nitrogen and oxygen atoms in total. The van der Waals surface area contributed by atoms with Crippen molar-refractivity contribution >= 4 is 11.6 Å². The molecule has 298 valence electrons. The number of ether oxygens (including phenoxy) is 6. The van der Waals surface area contributed by atoms with E-state index in [0.717, 1.165) is 69.0 Å². The number of halogens is 1. The second-order valence-corrected chi connectivity index (χ2v) is 15.5. The molecule has 0 spiro atoms. The van der Waals surface area contributed by atoms with Crippen LogP contribution in [0.4, 0.5) is 0 Å². The summed E-state index contributed by atoms with van der Waals surface area (Å²) in [6.45, 7) is 1.89. The minimum atomic E-state index is -0.533. The van der Waals surface area contributed by atoms with Crippen LogP contribution in [0.5, 0.6) is 5.75 Å². The van der Waals surface area contributed by atoms with Crippen LogP contribution in [0.25, 0.3) is 0 Å². The van der Waals surface area contributed by atoms with E-state index in [1.54, 1.807) is 7.11 Å². The van der Waals surface area contributed by atoms with Crippen molar-refractivity contribution in [3.05, 3.63) is 207 Å². The molecule has 8 rings (SSSR count). The number of hydrogen-bond donors (Lipinski definition) is 0. The van der Waals surface area contributed by atoms with Gasteiger partial charge in [-0.1, -0.05) is 151 Å². The quantitative estimate of drug-likeness (QED) is 0.0917. The highest BCUT2D eigenvalue weighted by atomic mass is 35.5. The fourth-order valence-corrected chi connectivity index (χ4v) is 8.55. The number of benzene rings is 6. The Morgan fingerprint density at radius 2 is 1.05 bits per heavy atom. The molecule has 7 heteroatoms. The average Bonchev–Trinajstić information content (AvgIpc) is 3.78. The Bertz CT molecular complexity index is 2160. The van der Waals surface area contributed by atoms with Crippen LogP contribution >= 0.6 is 11.6 Å². The fourth-order valence-electron chi connectivity index (χ4n) is 8.22. The van der Waals surface area contributed by atoms with Crippen LogP contribution in [0.1, 0.15) is 62.6 Å². The second-order valence-electron chi connectivity index (χ2n) is 15.2. The molecule has 0 N–H and O–H groups in total. The van der Waals surface area contributed by atoms with Crippen LogP contribution in [0, 0.1) is 0 Å². The van der Waals surface area contributed by atoms with Crippen molar-refractivity contribution in [1.82, 2.24) is 0 Å². The molecule has 1 heterocycles. The van der Waals surface area contributed by atoms with Crippen molar-refractivity contribution in [1.29, 1.82) is 0 Å². The lowest BCUT2D eigenvalue weighted by Gasteiger charge is -2.47. The lowest BCUT2D eigenvalue weighted by atomic mass is 9.85. The summed E-state index contributed by atoms with van der Waals surface area (Å²) in [5.41, 5.74) is 10.1. The largest absolute Gasteiger partial charge is 0.497 e. The molecule has 1 saturated heterocycles. The maximum Gasteiger partial charge on any atom is 0.118 e. The molecule has 0 amide bonds. The predicted octanol–water partition coefficient (Wildman–Crippen LogP) is 10.8. The third kappa shape index (κ3) is 9.90. The van der Waals surface area contributed by atoms with Crippen LogP contribution in [-0.2, 0) is 69.4 Å². The number of rotatable bonds is 17. The first-order chi connectivity index (χ1) is 28.6. The standard InChI is InChI=1S/C51H51ClO6/c1-53-42-27-25-36(26-28-42)29-41-30-45(43-23-14-24-44(43)47(41)52)48-50(56-33-39-19-10-4-11-20-39)51(57-34-40-21-12-5-13-22-40)49(55-32-38-17-8-3-9-18-38)46(58-48)35-54-31-37-15-6-2-7-16-37/h2-13,15-22,25-28,30,46,48-51H,14,23-24,29,31-35H2,1H3/t46-,48?,49-,50+,51+/m1/s1. The van der Waals surface area contributed by atoms with Crippen molar-refractivity contribution in [2.24, 2.45) is 0 Å². The number of methoxy groups -OCH3 is 1. The van der Waals surface area contributed by atoms with Gasteiger partial charge >= 0.3 is 0 Å². The van der Waals surface area contributed by atoms with Gasteiger partial charge in [0, 0.05) is 5.02 Å². The Labute approximate surface area is 347 Å². The highest BCUT2D eigenvalue weighted by Crippen LogP contribution is 2.45. The molecule has 0 bridgehead atoms. The Hall–Kier alpha value is -4.79. The fraction of sp³-hybridized carbons (Fsp3) is 0.294. The van der Waals surface area contributed by atoms with Crippen molar-refractivity contribution in [3.63, 3.8) is 0 Å². The summed E-state index contributed by atoms with van der Waals surface area (Å²) >= 11 is 7.31. The summed E-state index contributed by atoms with van der Waals surface area (Å²) in [7, 11) is 1.69. The molecular formula is C51H51ClO6. The zero-order valence-electron chi connectivity index (χ0n) is 33.0. The van der Waals surface area contributed by atoms with E-state index < -0.39 is 30.5 Å². The van der Waals surface area contributed by atoms with Crippen molar-refractivity contribution in [2.45, 2.75) is 82.6 Å². The van der Waals surface area contributed by atoms with Gasteiger partial charge in [0.15, 0.2) is 0 Å². The summed E-state index contributed by atoms with van der Waals surface area (Å²) in [6, 6.07) is 51.5. The van der Waals surface area contributed by atoms with Gasteiger partial charge in [-0.15, -0.1) is 0 Å². The molecule has 6 aromatic rings. The van der Waals surface area contributed by atoms with Crippen LogP contribution in [0.15, 0.2) is 152 Å². The van der Waals surface area contributed by atoms with Gasteiger partial charge in [-0.3, -0.25) is 0 Å². The van der Waals surface area contributed by atoms with Crippen molar-refractivity contribution in [3.8, 4) is 5.75 Å². The molecule has 6 aromatic carbocycles. The van der Waals surface area contributed by atoms with E-state index in [4.69, 9.17) is 40.0 Å². The molecule has 1 unspecified atom stereocenters. The van der Waals surface area contributed by atoms with Gasteiger partial charge in [-0.25, -0.2) is 0 Å². The molecule has 5 atom stereocenters. The van der Waals surface area contributed by atoms with Crippen molar-refractivity contribution < 1.29 is 28.4 Å². The minimum Gasteiger partial charge on any atom is -0.497 e. The van der Waals surface area contributed by atoms with Crippen LogP contribution in [-0.4, -0.2) is 38.1 Å². The average molecular weight is 795 g/mol. The number of hydrogen-bond acceptors (Lipinski definition) is 6. The Morgan fingerprint density at radius 3 is 1.60 bits per heavy atom. The van der Waals surface area contributed by atoms with Crippen LogP contribution in [0.2, 0.25) is 5.02 Å². The zero-order chi connectivity index (χ0) is 39.5. The van der Waals surface area contributed by atoms with Gasteiger partial charge in [-0.05, 0) is 87.9 Å². The highest BCUT2D eigenvalue weighted by molar-refractivity contribution is 6.32. The topological polar surface area (TPSA) is 55.4 Å². The molecule has 0 saturated carbocycles. The summed E-state index contributed by atoms with van der Waals surface area (Å²) in [4.78, 5) is 0. The summed E-state index contributed by atoms with van der Waals surface area (Å²) in [5.74, 6) is 0.824. The normalized spacial score (nSPS) is 20.1. The monoisotopic (exact) mass is 794 g/mol. The van der Waals surface area contributed by atoms with E-state index in [2.05, 4.69) is 66.7 Å². The maximum atomic E-state index is 7.38. The van der Waals surface area contributed by atoms with E-state index in [1.807, 2.05) is 84.9 Å². The Morgan fingerprint density at radius 1 is 0.552 bits per heavy atom. The van der Waals surface area contributed by atoms with Gasteiger partial charge < -0.3 is 28.4 Å². The molecular weight excluding hydrogens is 744 g/mol. The van der Waals surface area contributed by atoms with E-state index in [-0.39, 0.29) is 0 Å². The molecule has 2 aliphatic rings. The van der Waals surface area contributed by atoms with Crippen LogP contribution < -0.4 is 4.74 Å². The third-order valence-electron chi connectivity index (χ3n) is 11.2. The first kappa shape index (κ1) is 40.0. The molecule has 1 fully saturated rings. The maximum absolute atomic E-state index is 7.38. The molecule has 1 aliphatic heterocycles. The van der Waals surface area contributed by atoms with Gasteiger partial charge in [0.25, 0.3) is 0 Å². The minimum absolute atomic E-state index is 0.302. The Kier molecular flexibility index (Phi) is 13.6. The van der Waals surface area contributed by atoms with Gasteiger partial charge in [0.1, 0.15) is 36.3 Å². The highest BCUT2D eigenvalue weighted by Gasteiger charge is 2.50. The van der Waals surface area contributed by atoms with E-state index in [9.17, 15) is 0 Å². The Balaban J connectivity index is 1.21. The lowest BCUT2D eigenvalue weighted by molar-refractivity contribution is -0.275. The predicted molar refractivity (Wildman–Crippen MR) is 228 cm³/mol. The van der Waals surface area contributed by atoms with E-state index >= 15 is 0 Å². The number of fused-ring (bicyclic) bond motifs is 1. The van der Waals surface area contributed by atoms with Gasteiger partial charge in [0.2, 0.25) is 0 Å². The molecule has 58 heavy (non-hydrogen) atoms. The SMILES string of the molecule is COc1ccc(Cc2cc(C3O[C@H](COCc4ccccc4)[C@@H](OCc4ccccc4)[C@H](OCc4ccccc4)[C@H]3OCc3ccccc3)c3c(c2Cl)CCC3)cc1. The molecule has 0 radical (unpaired) electrons. The smallest absolute Gasteiger partial charge is 0.118 e. The first-order valence-corrected chi connectivity index (χ1v) is 20.7. The van der Waals surface area contributed by atoms with Gasteiger partial charge in [-0.2, -0.15) is 0 Å². The first-order valence-electron chi connectivity index (χ1n) is 20.3. The second kappa shape index (κ2) is 19.8.